The number of likely N-dealkylation sites (N-methyl/N-ethyl adjacent to an activating group) is 1. The number of carbonyl (C=O) groups is 1. The van der Waals surface area contributed by atoms with Gasteiger partial charge < -0.3 is 10.2 Å². The second-order valence-corrected chi connectivity index (χ2v) is 5.73. The zero-order valence-electron chi connectivity index (χ0n) is 14.3. The van der Waals surface area contributed by atoms with Crippen molar-refractivity contribution in [3.8, 4) is 11.4 Å². The monoisotopic (exact) mass is 332 g/mol. The van der Waals surface area contributed by atoms with Gasteiger partial charge in [-0.1, -0.05) is 48.5 Å². The summed E-state index contributed by atoms with van der Waals surface area (Å²) in [6, 6.07) is 21.2. The van der Waals surface area contributed by atoms with Crippen molar-refractivity contribution in [2.24, 2.45) is 0 Å². The Labute approximate surface area is 147 Å². The molecule has 0 radical (unpaired) electrons. The number of rotatable bonds is 5. The van der Waals surface area contributed by atoms with Crippen LogP contribution in [0.15, 0.2) is 66.7 Å². The Bertz CT molecular complexity index is 850. The lowest BCUT2D eigenvalue weighted by Crippen LogP contribution is -2.32. The molecule has 5 nitrogen and oxygen atoms in total. The van der Waals surface area contributed by atoms with Gasteiger partial charge in [0.1, 0.15) is 5.82 Å². The van der Waals surface area contributed by atoms with E-state index in [1.165, 1.54) is 0 Å². The van der Waals surface area contributed by atoms with Crippen LogP contribution in [0.5, 0.6) is 0 Å². The fraction of sp³-hybridized carbons (Fsp3) is 0.150. The predicted molar refractivity (Wildman–Crippen MR) is 101 cm³/mol. The minimum atomic E-state index is -0.0382. The van der Waals surface area contributed by atoms with Crippen LogP contribution in [0.4, 0.5) is 11.5 Å². The predicted octanol–water partition coefficient (Wildman–Crippen LogP) is 3.53. The number of para-hydroxylation sites is 1. The zero-order valence-corrected chi connectivity index (χ0v) is 14.3. The van der Waals surface area contributed by atoms with Crippen molar-refractivity contribution in [1.82, 2.24) is 9.97 Å². The molecule has 25 heavy (non-hydrogen) atoms. The van der Waals surface area contributed by atoms with Crippen molar-refractivity contribution in [2.45, 2.75) is 6.92 Å². The number of carbonyl (C=O) groups excluding carboxylic acids is 1. The van der Waals surface area contributed by atoms with Crippen molar-refractivity contribution in [1.29, 1.82) is 0 Å². The van der Waals surface area contributed by atoms with E-state index in [9.17, 15) is 4.79 Å². The van der Waals surface area contributed by atoms with Gasteiger partial charge in [0.05, 0.1) is 6.54 Å². The number of amides is 1. The molecular weight excluding hydrogens is 312 g/mol. The zero-order chi connectivity index (χ0) is 17.6. The van der Waals surface area contributed by atoms with Crippen LogP contribution >= 0.6 is 0 Å². The quantitative estimate of drug-likeness (QED) is 0.776. The number of hydrogen-bond donors (Lipinski definition) is 1. The van der Waals surface area contributed by atoms with Gasteiger partial charge in [0.25, 0.3) is 0 Å². The van der Waals surface area contributed by atoms with Gasteiger partial charge in [-0.2, -0.15) is 0 Å². The van der Waals surface area contributed by atoms with Gasteiger partial charge in [-0.15, -0.1) is 0 Å². The van der Waals surface area contributed by atoms with E-state index >= 15 is 0 Å². The van der Waals surface area contributed by atoms with Gasteiger partial charge in [-0.05, 0) is 19.1 Å². The first-order valence-corrected chi connectivity index (χ1v) is 8.10. The maximum Gasteiger partial charge on any atom is 0.246 e. The lowest BCUT2D eigenvalue weighted by molar-refractivity contribution is -0.116. The maximum absolute atomic E-state index is 12.4. The molecule has 3 rings (SSSR count). The third kappa shape index (κ3) is 4.20. The third-order valence-electron chi connectivity index (χ3n) is 3.82. The van der Waals surface area contributed by atoms with E-state index in [2.05, 4.69) is 15.3 Å². The maximum atomic E-state index is 12.4. The lowest BCUT2D eigenvalue weighted by atomic mass is 10.2. The van der Waals surface area contributed by atoms with Crippen LogP contribution < -0.4 is 10.2 Å². The summed E-state index contributed by atoms with van der Waals surface area (Å²) in [5.41, 5.74) is 2.65. The van der Waals surface area contributed by atoms with E-state index in [0.29, 0.717) is 11.6 Å². The second kappa shape index (κ2) is 7.57. The highest BCUT2D eigenvalue weighted by molar-refractivity contribution is 5.95. The van der Waals surface area contributed by atoms with E-state index in [1.54, 1.807) is 11.9 Å². The van der Waals surface area contributed by atoms with Gasteiger partial charge in [-0.25, -0.2) is 9.97 Å². The molecule has 0 saturated heterocycles. The van der Waals surface area contributed by atoms with Crippen LogP contribution in [-0.2, 0) is 4.79 Å². The highest BCUT2D eigenvalue weighted by atomic mass is 16.2. The Morgan fingerprint density at radius 1 is 1.00 bits per heavy atom. The van der Waals surface area contributed by atoms with Gasteiger partial charge >= 0.3 is 0 Å². The largest absolute Gasteiger partial charge is 0.361 e. The van der Waals surface area contributed by atoms with E-state index in [1.807, 2.05) is 73.7 Å². The van der Waals surface area contributed by atoms with Gasteiger partial charge in [0, 0.05) is 30.1 Å². The molecule has 2 aromatic carbocycles. The van der Waals surface area contributed by atoms with Gasteiger partial charge in [-0.3, -0.25) is 4.79 Å². The molecule has 3 aromatic rings. The number of anilines is 2. The molecule has 0 bridgehead atoms. The van der Waals surface area contributed by atoms with Crippen molar-refractivity contribution in [3.63, 3.8) is 0 Å². The van der Waals surface area contributed by atoms with Crippen molar-refractivity contribution in [3.05, 3.63) is 72.4 Å². The van der Waals surface area contributed by atoms with Crippen LogP contribution in [0.1, 0.15) is 5.69 Å². The SMILES string of the molecule is Cc1cc(NCC(=O)N(C)c2ccccc2)nc(-c2ccccc2)n1. The first-order chi connectivity index (χ1) is 12.1. The average Bonchev–Trinajstić information content (AvgIpc) is 2.66. The minimum Gasteiger partial charge on any atom is -0.361 e. The summed E-state index contributed by atoms with van der Waals surface area (Å²) >= 11 is 0. The summed E-state index contributed by atoms with van der Waals surface area (Å²) < 4.78 is 0. The molecule has 1 heterocycles. The van der Waals surface area contributed by atoms with E-state index in [4.69, 9.17) is 0 Å². The molecule has 0 unspecified atom stereocenters. The molecule has 0 fully saturated rings. The van der Waals surface area contributed by atoms with Crippen molar-refractivity contribution < 1.29 is 4.79 Å². The normalized spacial score (nSPS) is 10.3. The fourth-order valence-corrected chi connectivity index (χ4v) is 2.46. The highest BCUT2D eigenvalue weighted by Crippen LogP contribution is 2.17. The number of aryl methyl sites for hydroxylation is 1. The summed E-state index contributed by atoms with van der Waals surface area (Å²) in [5.74, 6) is 1.25. The standard InChI is InChI=1S/C20H20N4O/c1-15-13-18(23-20(22-15)16-9-5-3-6-10-16)21-14-19(25)24(2)17-11-7-4-8-12-17/h3-13H,14H2,1-2H3,(H,21,22,23). The van der Waals surface area contributed by atoms with Crippen molar-refractivity contribution >= 4 is 17.4 Å². The number of nitrogens with one attached hydrogen (secondary N) is 1. The van der Waals surface area contributed by atoms with Crippen molar-refractivity contribution in [2.75, 3.05) is 23.8 Å². The van der Waals surface area contributed by atoms with E-state index < -0.39 is 0 Å². The summed E-state index contributed by atoms with van der Waals surface area (Å²) in [6.07, 6.45) is 0. The van der Waals surface area contributed by atoms with Crippen LogP contribution in [0, 0.1) is 6.92 Å². The summed E-state index contributed by atoms with van der Waals surface area (Å²) in [5, 5.41) is 3.10. The molecule has 0 saturated carbocycles. The molecule has 0 spiro atoms. The minimum absolute atomic E-state index is 0.0382. The molecule has 0 aliphatic carbocycles. The molecular formula is C20H20N4O. The Hall–Kier alpha value is -3.21. The van der Waals surface area contributed by atoms with Crippen LogP contribution in [0.25, 0.3) is 11.4 Å². The van der Waals surface area contributed by atoms with E-state index in [-0.39, 0.29) is 12.5 Å². The number of benzene rings is 2. The van der Waals surface area contributed by atoms with Gasteiger partial charge in [0.2, 0.25) is 5.91 Å². The Balaban J connectivity index is 1.71. The number of hydrogen-bond acceptors (Lipinski definition) is 4. The molecule has 0 aliphatic heterocycles. The smallest absolute Gasteiger partial charge is 0.246 e. The van der Waals surface area contributed by atoms with Crippen LogP contribution in [0.2, 0.25) is 0 Å². The first-order valence-electron chi connectivity index (χ1n) is 8.10. The molecule has 1 aromatic heterocycles. The Kier molecular flexibility index (Phi) is 5.04. The second-order valence-electron chi connectivity index (χ2n) is 5.73. The molecule has 126 valence electrons. The molecule has 1 amide bonds. The van der Waals surface area contributed by atoms with Crippen LogP contribution in [0.3, 0.4) is 0 Å². The summed E-state index contributed by atoms with van der Waals surface area (Å²) in [7, 11) is 1.76. The Morgan fingerprint density at radius 3 is 2.32 bits per heavy atom. The topological polar surface area (TPSA) is 58.1 Å². The molecule has 5 heteroatoms. The summed E-state index contributed by atoms with van der Waals surface area (Å²) in [6.45, 7) is 2.08. The molecule has 0 aliphatic rings. The first kappa shape index (κ1) is 16.6. The summed E-state index contributed by atoms with van der Waals surface area (Å²) in [4.78, 5) is 23.0. The molecule has 1 N–H and O–H groups in total. The highest BCUT2D eigenvalue weighted by Gasteiger charge is 2.11. The molecule has 0 atom stereocenters. The Morgan fingerprint density at radius 2 is 1.64 bits per heavy atom. The fourth-order valence-electron chi connectivity index (χ4n) is 2.46. The van der Waals surface area contributed by atoms with Crippen LogP contribution in [-0.4, -0.2) is 29.5 Å². The lowest BCUT2D eigenvalue weighted by Gasteiger charge is -2.18. The van der Waals surface area contributed by atoms with Gasteiger partial charge in [0.15, 0.2) is 5.82 Å². The number of nitrogens with zero attached hydrogens (tertiary/aromatic N) is 3. The average molecular weight is 332 g/mol. The van der Waals surface area contributed by atoms with E-state index in [0.717, 1.165) is 16.9 Å². The third-order valence-corrected chi connectivity index (χ3v) is 3.82. The number of aromatic nitrogens is 2.